The Morgan fingerprint density at radius 2 is 2.17 bits per heavy atom. The van der Waals surface area contributed by atoms with Gasteiger partial charge in [-0.2, -0.15) is 0 Å². The van der Waals surface area contributed by atoms with Gasteiger partial charge in [0.2, 0.25) is 0 Å². The van der Waals surface area contributed by atoms with Crippen molar-refractivity contribution in [3.63, 3.8) is 0 Å². The van der Waals surface area contributed by atoms with Crippen molar-refractivity contribution < 1.29 is 9.18 Å². The van der Waals surface area contributed by atoms with E-state index >= 15 is 0 Å². The SMILES string of the molecule is CC(=O)c1ccc(Cl)c(I)c1F. The fraction of sp³-hybridized carbons (Fsp3) is 0.125. The maximum absolute atomic E-state index is 13.2. The van der Waals surface area contributed by atoms with Crippen molar-refractivity contribution in [2.75, 3.05) is 0 Å². The van der Waals surface area contributed by atoms with Gasteiger partial charge in [0, 0.05) is 0 Å². The molecule has 1 aromatic carbocycles. The molecule has 0 radical (unpaired) electrons. The number of rotatable bonds is 1. The number of Topliss-reactive ketones (excluding diaryl/α,β-unsaturated/α-hetero) is 1. The molecule has 1 rings (SSSR count). The van der Waals surface area contributed by atoms with Crippen LogP contribution in [0.2, 0.25) is 5.02 Å². The highest BCUT2D eigenvalue weighted by atomic mass is 127. The molecule has 1 aromatic rings. The van der Waals surface area contributed by atoms with Gasteiger partial charge in [-0.1, -0.05) is 11.6 Å². The molecule has 0 atom stereocenters. The zero-order valence-electron chi connectivity index (χ0n) is 6.20. The fourth-order valence-electron chi connectivity index (χ4n) is 0.798. The van der Waals surface area contributed by atoms with Crippen LogP contribution in [0, 0.1) is 9.39 Å². The van der Waals surface area contributed by atoms with Crippen LogP contribution < -0.4 is 0 Å². The Bertz CT molecular complexity index is 338. The second-order valence-electron chi connectivity index (χ2n) is 2.28. The predicted octanol–water partition coefficient (Wildman–Crippen LogP) is 3.29. The van der Waals surface area contributed by atoms with E-state index in [0.717, 1.165) is 0 Å². The fourth-order valence-corrected chi connectivity index (χ4v) is 1.41. The highest BCUT2D eigenvalue weighted by Gasteiger charge is 2.12. The van der Waals surface area contributed by atoms with Crippen LogP contribution in [0.4, 0.5) is 4.39 Å². The molecule has 0 unspecified atom stereocenters. The van der Waals surface area contributed by atoms with Crippen LogP contribution in [-0.2, 0) is 0 Å². The molecule has 0 amide bonds. The summed E-state index contributed by atoms with van der Waals surface area (Å²) in [4.78, 5) is 10.8. The molecule has 0 aromatic heterocycles. The van der Waals surface area contributed by atoms with E-state index < -0.39 is 5.82 Å². The van der Waals surface area contributed by atoms with E-state index in [1.807, 2.05) is 0 Å². The number of halogens is 3. The lowest BCUT2D eigenvalue weighted by Crippen LogP contribution is -1.99. The van der Waals surface area contributed by atoms with Crippen LogP contribution in [0.15, 0.2) is 12.1 Å². The second-order valence-corrected chi connectivity index (χ2v) is 3.77. The summed E-state index contributed by atoms with van der Waals surface area (Å²) in [5.41, 5.74) is 0.0869. The lowest BCUT2D eigenvalue weighted by Gasteiger charge is -2.01. The monoisotopic (exact) mass is 298 g/mol. The third-order valence-corrected chi connectivity index (χ3v) is 3.10. The van der Waals surface area contributed by atoms with E-state index in [4.69, 9.17) is 11.6 Å². The Labute approximate surface area is 88.1 Å². The molecule has 4 heteroatoms. The highest BCUT2D eigenvalue weighted by Crippen LogP contribution is 2.23. The standard InChI is InChI=1S/C8H5ClFIO/c1-4(12)5-2-3-6(9)8(11)7(5)10/h2-3H,1H3. The molecule has 0 aliphatic carbocycles. The summed E-state index contributed by atoms with van der Waals surface area (Å²) in [6.07, 6.45) is 0. The summed E-state index contributed by atoms with van der Waals surface area (Å²) in [5.74, 6) is -0.822. The van der Waals surface area contributed by atoms with Crippen LogP contribution in [0.1, 0.15) is 17.3 Å². The van der Waals surface area contributed by atoms with Crippen molar-refractivity contribution in [3.8, 4) is 0 Å². The number of hydrogen-bond donors (Lipinski definition) is 0. The lowest BCUT2D eigenvalue weighted by atomic mass is 10.1. The second kappa shape index (κ2) is 3.70. The Balaban J connectivity index is 3.36. The van der Waals surface area contributed by atoms with Crippen LogP contribution >= 0.6 is 34.2 Å². The maximum Gasteiger partial charge on any atom is 0.162 e. The maximum atomic E-state index is 13.2. The zero-order valence-corrected chi connectivity index (χ0v) is 9.11. The van der Waals surface area contributed by atoms with Crippen LogP contribution in [-0.4, -0.2) is 5.78 Å². The topological polar surface area (TPSA) is 17.1 Å². The van der Waals surface area contributed by atoms with Gasteiger partial charge in [0.15, 0.2) is 5.78 Å². The quantitative estimate of drug-likeness (QED) is 0.442. The van der Waals surface area contributed by atoms with E-state index in [1.54, 1.807) is 22.6 Å². The van der Waals surface area contributed by atoms with Crippen LogP contribution in [0.5, 0.6) is 0 Å². The average Bonchev–Trinajstić information content (AvgIpc) is 2.00. The molecular weight excluding hydrogens is 293 g/mol. The summed E-state index contributed by atoms with van der Waals surface area (Å²) in [7, 11) is 0. The summed E-state index contributed by atoms with van der Waals surface area (Å²) in [6, 6.07) is 2.91. The zero-order chi connectivity index (χ0) is 9.30. The molecule has 1 nitrogen and oxygen atoms in total. The molecule has 0 fully saturated rings. The van der Waals surface area contributed by atoms with Crippen LogP contribution in [0.25, 0.3) is 0 Å². The van der Waals surface area contributed by atoms with Crippen molar-refractivity contribution in [2.24, 2.45) is 0 Å². The van der Waals surface area contributed by atoms with Crippen molar-refractivity contribution in [2.45, 2.75) is 6.92 Å². The average molecular weight is 298 g/mol. The molecule has 12 heavy (non-hydrogen) atoms. The van der Waals surface area contributed by atoms with Crippen LogP contribution in [0.3, 0.4) is 0 Å². The first-order valence-electron chi connectivity index (χ1n) is 3.18. The Kier molecular flexibility index (Phi) is 3.06. The number of hydrogen-bond acceptors (Lipinski definition) is 1. The number of carbonyl (C=O) groups is 1. The van der Waals surface area contributed by atoms with E-state index in [0.29, 0.717) is 8.59 Å². The largest absolute Gasteiger partial charge is 0.294 e. The molecule has 0 spiro atoms. The van der Waals surface area contributed by atoms with E-state index in [-0.39, 0.29) is 11.3 Å². The predicted molar refractivity (Wildman–Crippen MR) is 54.1 cm³/mol. The third-order valence-electron chi connectivity index (χ3n) is 1.41. The first-order chi connectivity index (χ1) is 5.54. The van der Waals surface area contributed by atoms with E-state index in [1.165, 1.54) is 19.1 Å². The van der Waals surface area contributed by atoms with Gasteiger partial charge in [-0.15, -0.1) is 0 Å². The summed E-state index contributed by atoms with van der Waals surface area (Å²) in [6.45, 7) is 1.32. The molecule has 0 bridgehead atoms. The molecule has 0 aliphatic rings. The van der Waals surface area contributed by atoms with Gasteiger partial charge in [-0.05, 0) is 41.6 Å². The summed E-state index contributed by atoms with van der Waals surface area (Å²) in [5, 5.41) is 0.332. The van der Waals surface area contributed by atoms with E-state index in [9.17, 15) is 9.18 Å². The minimum absolute atomic E-state index is 0.0869. The Hall–Kier alpha value is -0.160. The number of ketones is 1. The molecule has 0 saturated carbocycles. The molecule has 0 heterocycles. The summed E-state index contributed by atoms with van der Waals surface area (Å²) >= 11 is 7.40. The Morgan fingerprint density at radius 3 is 2.67 bits per heavy atom. The normalized spacial score (nSPS) is 10.0. The molecule has 64 valence electrons. The lowest BCUT2D eigenvalue weighted by molar-refractivity contribution is 0.101. The van der Waals surface area contributed by atoms with Gasteiger partial charge >= 0.3 is 0 Å². The molecule has 0 saturated heterocycles. The number of carbonyl (C=O) groups excluding carboxylic acids is 1. The van der Waals surface area contributed by atoms with Crippen molar-refractivity contribution in [3.05, 3.63) is 32.1 Å². The Morgan fingerprint density at radius 1 is 1.58 bits per heavy atom. The molecule has 0 N–H and O–H groups in total. The van der Waals surface area contributed by atoms with Crippen molar-refractivity contribution >= 4 is 40.0 Å². The first-order valence-corrected chi connectivity index (χ1v) is 4.64. The molecule has 0 aliphatic heterocycles. The van der Waals surface area contributed by atoms with Crippen molar-refractivity contribution in [1.82, 2.24) is 0 Å². The minimum atomic E-state index is -0.532. The van der Waals surface area contributed by atoms with Gasteiger partial charge < -0.3 is 0 Å². The van der Waals surface area contributed by atoms with Gasteiger partial charge in [0.25, 0.3) is 0 Å². The van der Waals surface area contributed by atoms with Gasteiger partial charge in [-0.3, -0.25) is 4.79 Å². The van der Waals surface area contributed by atoms with Gasteiger partial charge in [-0.25, -0.2) is 4.39 Å². The highest BCUT2D eigenvalue weighted by molar-refractivity contribution is 14.1. The summed E-state index contributed by atoms with van der Waals surface area (Å²) < 4.78 is 13.5. The molecular formula is C8H5ClFIO. The third kappa shape index (κ3) is 1.77. The van der Waals surface area contributed by atoms with Gasteiger partial charge in [0.05, 0.1) is 14.2 Å². The van der Waals surface area contributed by atoms with Crippen molar-refractivity contribution in [1.29, 1.82) is 0 Å². The van der Waals surface area contributed by atoms with Gasteiger partial charge in [0.1, 0.15) is 5.82 Å². The van der Waals surface area contributed by atoms with E-state index in [2.05, 4.69) is 0 Å². The smallest absolute Gasteiger partial charge is 0.162 e. The number of benzene rings is 1. The minimum Gasteiger partial charge on any atom is -0.294 e. The first kappa shape index (κ1) is 9.92.